The largest absolute Gasteiger partial charge is 0.383 e. The number of aliphatic hydroxyl groups is 1. The molecule has 5 heteroatoms. The normalized spacial score (nSPS) is 21.0. The van der Waals surface area contributed by atoms with Crippen LogP contribution in [-0.2, 0) is 11.3 Å². The lowest BCUT2D eigenvalue weighted by Gasteiger charge is -2.33. The molecule has 2 aliphatic rings. The minimum atomic E-state index is -0.852. The van der Waals surface area contributed by atoms with Crippen LogP contribution in [0.3, 0.4) is 0 Å². The number of nitrogens with zero attached hydrogens (tertiary/aromatic N) is 2. The molecule has 1 saturated heterocycles. The summed E-state index contributed by atoms with van der Waals surface area (Å²) in [5.74, 6) is 0.341. The molecule has 1 aliphatic carbocycles. The van der Waals surface area contributed by atoms with Crippen molar-refractivity contribution < 1.29 is 9.90 Å². The predicted octanol–water partition coefficient (Wildman–Crippen LogP) is 2.06. The van der Waals surface area contributed by atoms with Gasteiger partial charge in [0.1, 0.15) is 6.10 Å². The first-order valence-electron chi connectivity index (χ1n) is 9.19. The molecule has 2 heterocycles. The summed E-state index contributed by atoms with van der Waals surface area (Å²) in [5.41, 5.74) is 2.24. The number of nitrogens with one attached hydrogen (secondary N) is 1. The van der Waals surface area contributed by atoms with E-state index in [0.717, 1.165) is 56.7 Å². The molecule has 1 aromatic rings. The molecule has 1 amide bonds. The number of piperidine rings is 1. The molecule has 3 rings (SSSR count). The van der Waals surface area contributed by atoms with Gasteiger partial charge >= 0.3 is 0 Å². The van der Waals surface area contributed by atoms with Crippen LogP contribution in [0.4, 0.5) is 0 Å². The van der Waals surface area contributed by atoms with E-state index in [0.29, 0.717) is 12.0 Å². The van der Waals surface area contributed by atoms with Gasteiger partial charge in [-0.15, -0.1) is 0 Å². The van der Waals surface area contributed by atoms with Gasteiger partial charge < -0.3 is 10.4 Å². The van der Waals surface area contributed by atoms with Crippen LogP contribution in [0.1, 0.15) is 56.8 Å². The summed E-state index contributed by atoms with van der Waals surface area (Å²) in [4.78, 5) is 19.1. The minimum Gasteiger partial charge on any atom is -0.383 e. The van der Waals surface area contributed by atoms with Crippen molar-refractivity contribution in [3.8, 4) is 0 Å². The molecule has 5 nitrogen and oxygen atoms in total. The summed E-state index contributed by atoms with van der Waals surface area (Å²) in [5, 5.41) is 13.2. The first-order valence-corrected chi connectivity index (χ1v) is 9.19. The quantitative estimate of drug-likeness (QED) is 0.837. The molecule has 0 bridgehead atoms. The first kappa shape index (κ1) is 17.4. The minimum absolute atomic E-state index is 0.0787. The van der Waals surface area contributed by atoms with Gasteiger partial charge in [0.15, 0.2) is 0 Å². The van der Waals surface area contributed by atoms with Gasteiger partial charge in [-0.2, -0.15) is 0 Å². The van der Waals surface area contributed by atoms with Gasteiger partial charge in [-0.25, -0.2) is 0 Å². The number of hydrogen-bond acceptors (Lipinski definition) is 4. The van der Waals surface area contributed by atoms with Gasteiger partial charge in [0.2, 0.25) is 5.91 Å². The molecule has 1 unspecified atom stereocenters. The Kier molecular flexibility index (Phi) is 5.51. The van der Waals surface area contributed by atoms with Crippen LogP contribution in [-0.4, -0.2) is 46.1 Å². The standard InChI is InChI=1S/C19H29N3O2/c1-13(2)17-5-3-4-16(20-17)12-22-10-8-14(9-11-22)18(23)19(24)21-15-6-7-15/h3-5,13-15,18,23H,6-12H2,1-2H3,(H,21,24). The fraction of sp³-hybridized carbons (Fsp3) is 0.684. The van der Waals surface area contributed by atoms with E-state index in [-0.39, 0.29) is 11.8 Å². The number of carbonyl (C=O) groups excluding carboxylic acids is 1. The third-order valence-electron chi connectivity index (χ3n) is 5.08. The Morgan fingerprint density at radius 3 is 2.62 bits per heavy atom. The second kappa shape index (κ2) is 7.62. The predicted molar refractivity (Wildman–Crippen MR) is 93.5 cm³/mol. The van der Waals surface area contributed by atoms with Crippen molar-refractivity contribution in [2.45, 2.75) is 64.1 Å². The maximum atomic E-state index is 12.0. The molecule has 1 aromatic heterocycles. The number of aliphatic hydroxyl groups excluding tert-OH is 1. The third-order valence-corrected chi connectivity index (χ3v) is 5.08. The Bertz CT molecular complexity index is 563. The van der Waals surface area contributed by atoms with E-state index in [1.807, 2.05) is 0 Å². The SMILES string of the molecule is CC(C)c1cccc(CN2CCC(C(O)C(=O)NC3CC3)CC2)n1. The highest BCUT2D eigenvalue weighted by molar-refractivity contribution is 5.81. The Morgan fingerprint density at radius 2 is 2.00 bits per heavy atom. The third kappa shape index (κ3) is 4.54. The zero-order chi connectivity index (χ0) is 17.1. The number of amides is 1. The van der Waals surface area contributed by atoms with E-state index in [2.05, 4.69) is 42.3 Å². The Balaban J connectivity index is 1.48. The molecule has 0 aromatic carbocycles. The molecule has 24 heavy (non-hydrogen) atoms. The highest BCUT2D eigenvalue weighted by Crippen LogP contribution is 2.24. The zero-order valence-corrected chi connectivity index (χ0v) is 14.7. The van der Waals surface area contributed by atoms with Crippen molar-refractivity contribution in [1.82, 2.24) is 15.2 Å². The summed E-state index contributed by atoms with van der Waals surface area (Å²) in [7, 11) is 0. The second-order valence-electron chi connectivity index (χ2n) is 7.55. The smallest absolute Gasteiger partial charge is 0.249 e. The van der Waals surface area contributed by atoms with Crippen molar-refractivity contribution in [3.05, 3.63) is 29.6 Å². The van der Waals surface area contributed by atoms with Crippen LogP contribution >= 0.6 is 0 Å². The van der Waals surface area contributed by atoms with Crippen LogP contribution in [0.15, 0.2) is 18.2 Å². The van der Waals surface area contributed by atoms with Crippen molar-refractivity contribution in [2.75, 3.05) is 13.1 Å². The molecule has 0 radical (unpaired) electrons. The summed E-state index contributed by atoms with van der Waals surface area (Å²) < 4.78 is 0. The highest BCUT2D eigenvalue weighted by atomic mass is 16.3. The summed E-state index contributed by atoms with van der Waals surface area (Å²) >= 11 is 0. The summed E-state index contributed by atoms with van der Waals surface area (Å²) in [6.45, 7) is 6.98. The van der Waals surface area contributed by atoms with Crippen LogP contribution < -0.4 is 5.32 Å². The van der Waals surface area contributed by atoms with Crippen molar-refractivity contribution >= 4 is 5.91 Å². The number of aromatic nitrogens is 1. The van der Waals surface area contributed by atoms with Crippen LogP contribution in [0.5, 0.6) is 0 Å². The fourth-order valence-electron chi connectivity index (χ4n) is 3.29. The molecule has 1 atom stereocenters. The maximum Gasteiger partial charge on any atom is 0.249 e. The summed E-state index contributed by atoms with van der Waals surface area (Å²) in [6, 6.07) is 6.55. The van der Waals surface area contributed by atoms with E-state index in [1.165, 1.54) is 0 Å². The highest BCUT2D eigenvalue weighted by Gasteiger charge is 2.32. The Labute approximate surface area is 144 Å². The van der Waals surface area contributed by atoms with E-state index in [1.54, 1.807) is 0 Å². The lowest BCUT2D eigenvalue weighted by molar-refractivity contribution is -0.133. The molecule has 132 valence electrons. The van der Waals surface area contributed by atoms with E-state index in [4.69, 9.17) is 4.98 Å². The zero-order valence-electron chi connectivity index (χ0n) is 14.7. The topological polar surface area (TPSA) is 65.5 Å². The summed E-state index contributed by atoms with van der Waals surface area (Å²) in [6.07, 6.45) is 2.99. The number of pyridine rings is 1. The molecule has 2 fully saturated rings. The fourth-order valence-corrected chi connectivity index (χ4v) is 3.29. The maximum absolute atomic E-state index is 12.0. The molecule has 2 N–H and O–H groups in total. The van der Waals surface area contributed by atoms with E-state index in [9.17, 15) is 9.90 Å². The van der Waals surface area contributed by atoms with Gasteiger partial charge in [0.25, 0.3) is 0 Å². The van der Waals surface area contributed by atoms with Gasteiger partial charge in [0.05, 0.1) is 5.69 Å². The van der Waals surface area contributed by atoms with E-state index >= 15 is 0 Å². The average Bonchev–Trinajstić information content (AvgIpc) is 3.39. The average molecular weight is 331 g/mol. The van der Waals surface area contributed by atoms with Crippen molar-refractivity contribution in [1.29, 1.82) is 0 Å². The number of carbonyl (C=O) groups is 1. The molecular weight excluding hydrogens is 302 g/mol. The van der Waals surface area contributed by atoms with Gasteiger partial charge in [0, 0.05) is 18.3 Å². The number of hydrogen-bond donors (Lipinski definition) is 2. The van der Waals surface area contributed by atoms with Gasteiger partial charge in [-0.1, -0.05) is 19.9 Å². The molecule has 1 saturated carbocycles. The number of likely N-dealkylation sites (tertiary alicyclic amines) is 1. The van der Waals surface area contributed by atoms with Crippen LogP contribution in [0, 0.1) is 5.92 Å². The molecular formula is C19H29N3O2. The molecule has 1 aliphatic heterocycles. The molecule has 0 spiro atoms. The van der Waals surface area contributed by atoms with E-state index < -0.39 is 6.10 Å². The number of rotatable bonds is 6. The van der Waals surface area contributed by atoms with Crippen LogP contribution in [0.2, 0.25) is 0 Å². The van der Waals surface area contributed by atoms with Gasteiger partial charge in [-0.05, 0) is 62.7 Å². The monoisotopic (exact) mass is 331 g/mol. The first-order chi connectivity index (χ1) is 11.5. The van der Waals surface area contributed by atoms with Crippen molar-refractivity contribution in [3.63, 3.8) is 0 Å². The lowest BCUT2D eigenvalue weighted by Crippen LogP contribution is -2.45. The Hall–Kier alpha value is -1.46. The second-order valence-corrected chi connectivity index (χ2v) is 7.55. The van der Waals surface area contributed by atoms with Crippen LogP contribution in [0.25, 0.3) is 0 Å². The van der Waals surface area contributed by atoms with Crippen molar-refractivity contribution in [2.24, 2.45) is 5.92 Å². The van der Waals surface area contributed by atoms with Gasteiger partial charge in [-0.3, -0.25) is 14.7 Å². The Morgan fingerprint density at radius 1 is 1.29 bits per heavy atom. The lowest BCUT2D eigenvalue weighted by atomic mass is 9.90.